The van der Waals surface area contributed by atoms with Crippen LogP contribution in [-0.4, -0.2) is 25.2 Å². The summed E-state index contributed by atoms with van der Waals surface area (Å²) in [6, 6.07) is 0. The van der Waals surface area contributed by atoms with Gasteiger partial charge in [0.1, 0.15) is 6.10 Å². The van der Waals surface area contributed by atoms with E-state index in [2.05, 4.69) is 19.2 Å². The maximum absolute atomic E-state index is 11.7. The van der Waals surface area contributed by atoms with Crippen LogP contribution in [0.5, 0.6) is 0 Å². The Morgan fingerprint density at radius 1 is 1.29 bits per heavy atom. The summed E-state index contributed by atoms with van der Waals surface area (Å²) in [6.07, 6.45) is 1.88. The van der Waals surface area contributed by atoms with Gasteiger partial charge in [0.05, 0.1) is 5.92 Å². The number of hydrogen-bond acceptors (Lipinski definition) is 3. The van der Waals surface area contributed by atoms with E-state index in [9.17, 15) is 4.79 Å². The summed E-state index contributed by atoms with van der Waals surface area (Å²) in [6.45, 7) is 7.98. The van der Waals surface area contributed by atoms with Crippen molar-refractivity contribution in [1.29, 1.82) is 0 Å². The molecule has 82 valence electrons. The van der Waals surface area contributed by atoms with E-state index in [0.29, 0.717) is 5.92 Å². The molecule has 3 heteroatoms. The highest BCUT2D eigenvalue weighted by Crippen LogP contribution is 2.16. The molecule has 0 bridgehead atoms. The van der Waals surface area contributed by atoms with E-state index in [-0.39, 0.29) is 18.0 Å². The first kappa shape index (κ1) is 11.5. The van der Waals surface area contributed by atoms with E-state index in [1.807, 2.05) is 6.92 Å². The van der Waals surface area contributed by atoms with Crippen LogP contribution >= 0.6 is 0 Å². The molecule has 1 unspecified atom stereocenters. The van der Waals surface area contributed by atoms with Crippen LogP contribution in [0.3, 0.4) is 0 Å². The highest BCUT2D eigenvalue weighted by atomic mass is 16.5. The standard InChI is InChI=1S/C11H21NO2/c1-8(2)9(3)14-11(13)10-4-6-12-7-5-10/h8-10,12H,4-7H2,1-3H3. The predicted molar refractivity (Wildman–Crippen MR) is 56.0 cm³/mol. The van der Waals surface area contributed by atoms with E-state index in [4.69, 9.17) is 4.74 Å². The third-order valence-corrected chi connectivity index (χ3v) is 2.91. The monoisotopic (exact) mass is 199 g/mol. The van der Waals surface area contributed by atoms with Crippen molar-refractivity contribution >= 4 is 5.97 Å². The van der Waals surface area contributed by atoms with Crippen molar-refractivity contribution in [3.8, 4) is 0 Å². The van der Waals surface area contributed by atoms with E-state index >= 15 is 0 Å². The van der Waals surface area contributed by atoms with E-state index in [1.165, 1.54) is 0 Å². The summed E-state index contributed by atoms with van der Waals surface area (Å²) in [5.41, 5.74) is 0. The first-order valence-electron chi connectivity index (χ1n) is 5.52. The molecule has 14 heavy (non-hydrogen) atoms. The third-order valence-electron chi connectivity index (χ3n) is 2.91. The smallest absolute Gasteiger partial charge is 0.309 e. The van der Waals surface area contributed by atoms with Crippen molar-refractivity contribution in [2.45, 2.75) is 39.7 Å². The molecule has 0 spiro atoms. The molecule has 3 nitrogen and oxygen atoms in total. The lowest BCUT2D eigenvalue weighted by molar-refractivity contribution is -0.156. The Labute approximate surface area is 86.2 Å². The van der Waals surface area contributed by atoms with Gasteiger partial charge in [-0.15, -0.1) is 0 Å². The van der Waals surface area contributed by atoms with Gasteiger partial charge < -0.3 is 10.1 Å². The second kappa shape index (κ2) is 5.35. The normalized spacial score (nSPS) is 20.9. The molecule has 1 heterocycles. The topological polar surface area (TPSA) is 38.3 Å². The lowest BCUT2D eigenvalue weighted by Crippen LogP contribution is -2.34. The zero-order valence-corrected chi connectivity index (χ0v) is 9.38. The molecule has 0 aliphatic carbocycles. The third kappa shape index (κ3) is 3.29. The fraction of sp³-hybridized carbons (Fsp3) is 0.909. The molecule has 0 radical (unpaired) electrons. The van der Waals surface area contributed by atoms with Crippen molar-refractivity contribution in [3.63, 3.8) is 0 Å². The van der Waals surface area contributed by atoms with Crippen molar-refractivity contribution < 1.29 is 9.53 Å². The van der Waals surface area contributed by atoms with Crippen molar-refractivity contribution in [3.05, 3.63) is 0 Å². The molecule has 0 saturated carbocycles. The van der Waals surface area contributed by atoms with Crippen LogP contribution in [0.1, 0.15) is 33.6 Å². The van der Waals surface area contributed by atoms with E-state index in [1.54, 1.807) is 0 Å². The van der Waals surface area contributed by atoms with Crippen LogP contribution in [0.25, 0.3) is 0 Å². The van der Waals surface area contributed by atoms with Crippen molar-refractivity contribution in [2.24, 2.45) is 11.8 Å². The predicted octanol–water partition coefficient (Wildman–Crippen LogP) is 1.57. The fourth-order valence-corrected chi connectivity index (χ4v) is 1.47. The molecular formula is C11H21NO2. The van der Waals surface area contributed by atoms with Crippen molar-refractivity contribution in [1.82, 2.24) is 5.32 Å². The zero-order chi connectivity index (χ0) is 10.6. The Bertz CT molecular complexity index is 186. The molecule has 1 atom stereocenters. The Morgan fingerprint density at radius 3 is 2.36 bits per heavy atom. The van der Waals surface area contributed by atoms with Gasteiger partial charge in [-0.2, -0.15) is 0 Å². The largest absolute Gasteiger partial charge is 0.462 e. The highest BCUT2D eigenvalue weighted by Gasteiger charge is 2.24. The van der Waals surface area contributed by atoms with Gasteiger partial charge in [0, 0.05) is 0 Å². The lowest BCUT2D eigenvalue weighted by Gasteiger charge is -2.24. The zero-order valence-electron chi connectivity index (χ0n) is 9.38. The van der Waals surface area contributed by atoms with Gasteiger partial charge in [0.2, 0.25) is 0 Å². The first-order valence-corrected chi connectivity index (χ1v) is 5.52. The molecule has 1 saturated heterocycles. The molecule has 1 fully saturated rings. The number of piperidine rings is 1. The number of esters is 1. The minimum Gasteiger partial charge on any atom is -0.462 e. The van der Waals surface area contributed by atoms with Crippen LogP contribution in [0.15, 0.2) is 0 Å². The molecule has 1 aliphatic rings. The number of hydrogen-bond donors (Lipinski definition) is 1. The summed E-state index contributed by atoms with van der Waals surface area (Å²) in [5, 5.41) is 3.24. The number of carbonyl (C=O) groups is 1. The number of carbonyl (C=O) groups excluding carboxylic acids is 1. The molecule has 1 N–H and O–H groups in total. The van der Waals surface area contributed by atoms with Crippen LogP contribution in [-0.2, 0) is 9.53 Å². The van der Waals surface area contributed by atoms with Crippen molar-refractivity contribution in [2.75, 3.05) is 13.1 Å². The Kier molecular flexibility index (Phi) is 4.39. The summed E-state index contributed by atoms with van der Waals surface area (Å²) < 4.78 is 5.38. The number of nitrogens with one attached hydrogen (secondary N) is 1. The minimum absolute atomic E-state index is 0.00676. The maximum Gasteiger partial charge on any atom is 0.309 e. The fourth-order valence-electron chi connectivity index (χ4n) is 1.47. The summed E-state index contributed by atoms with van der Waals surface area (Å²) in [4.78, 5) is 11.7. The summed E-state index contributed by atoms with van der Waals surface area (Å²) >= 11 is 0. The molecule has 0 aromatic heterocycles. The van der Waals surface area contributed by atoms with Gasteiger partial charge in [-0.05, 0) is 38.8 Å². The van der Waals surface area contributed by atoms with Gasteiger partial charge in [-0.1, -0.05) is 13.8 Å². The highest BCUT2D eigenvalue weighted by molar-refractivity contribution is 5.72. The van der Waals surface area contributed by atoms with Crippen LogP contribution in [0.2, 0.25) is 0 Å². The maximum atomic E-state index is 11.7. The summed E-state index contributed by atoms with van der Waals surface area (Å²) in [5.74, 6) is 0.519. The molecule has 0 amide bonds. The molecular weight excluding hydrogens is 178 g/mol. The molecule has 1 aliphatic heterocycles. The molecule has 1 rings (SSSR count). The van der Waals surface area contributed by atoms with Gasteiger partial charge in [0.15, 0.2) is 0 Å². The average Bonchev–Trinajstić information content (AvgIpc) is 2.19. The first-order chi connectivity index (χ1) is 6.61. The summed E-state index contributed by atoms with van der Waals surface area (Å²) in [7, 11) is 0. The van der Waals surface area contributed by atoms with Crippen LogP contribution in [0, 0.1) is 11.8 Å². The molecule has 0 aromatic carbocycles. The Balaban J connectivity index is 2.33. The SMILES string of the molecule is CC(C)C(C)OC(=O)C1CCNCC1. The Morgan fingerprint density at radius 2 is 1.86 bits per heavy atom. The van der Waals surface area contributed by atoms with Crippen LogP contribution < -0.4 is 5.32 Å². The Hall–Kier alpha value is -0.570. The lowest BCUT2D eigenvalue weighted by atomic mass is 9.98. The van der Waals surface area contributed by atoms with Gasteiger partial charge in [-0.25, -0.2) is 0 Å². The number of rotatable bonds is 3. The quantitative estimate of drug-likeness (QED) is 0.701. The van der Waals surface area contributed by atoms with Gasteiger partial charge >= 0.3 is 5.97 Å². The van der Waals surface area contributed by atoms with Crippen LogP contribution in [0.4, 0.5) is 0 Å². The minimum atomic E-state index is -0.00676. The molecule has 0 aromatic rings. The van der Waals surface area contributed by atoms with E-state index < -0.39 is 0 Å². The second-order valence-corrected chi connectivity index (χ2v) is 4.41. The average molecular weight is 199 g/mol. The number of ether oxygens (including phenoxy) is 1. The second-order valence-electron chi connectivity index (χ2n) is 4.41. The van der Waals surface area contributed by atoms with Gasteiger partial charge in [-0.3, -0.25) is 4.79 Å². The van der Waals surface area contributed by atoms with E-state index in [0.717, 1.165) is 25.9 Å². The van der Waals surface area contributed by atoms with Gasteiger partial charge in [0.25, 0.3) is 0 Å².